The first kappa shape index (κ1) is 17.5. The van der Waals surface area contributed by atoms with Crippen molar-refractivity contribution in [3.8, 4) is 0 Å². The third-order valence-electron chi connectivity index (χ3n) is 4.85. The van der Waals surface area contributed by atoms with Gasteiger partial charge in [0.2, 0.25) is 0 Å². The summed E-state index contributed by atoms with van der Waals surface area (Å²) in [7, 11) is 0. The summed E-state index contributed by atoms with van der Waals surface area (Å²) in [5.74, 6) is 2.45. The van der Waals surface area contributed by atoms with Crippen molar-refractivity contribution in [3.63, 3.8) is 0 Å². The molecule has 10 heteroatoms. The highest BCUT2D eigenvalue weighted by molar-refractivity contribution is 5.55. The van der Waals surface area contributed by atoms with Crippen LogP contribution in [0.25, 0.3) is 5.78 Å². The summed E-state index contributed by atoms with van der Waals surface area (Å²) in [6, 6.07) is 1.38. The molecule has 0 atom stereocenters. The molecule has 4 rings (SSSR count). The molecular weight excluding hydrogens is 354 g/mol. The van der Waals surface area contributed by atoms with Gasteiger partial charge in [-0.25, -0.2) is 23.7 Å². The van der Waals surface area contributed by atoms with Gasteiger partial charge in [-0.05, 0) is 20.8 Å². The predicted molar refractivity (Wildman–Crippen MR) is 96.4 cm³/mol. The normalized spacial score (nSPS) is 15.2. The van der Waals surface area contributed by atoms with Crippen molar-refractivity contribution >= 4 is 17.4 Å². The van der Waals surface area contributed by atoms with E-state index in [1.807, 2.05) is 18.7 Å². The minimum atomic E-state index is -2.60. The van der Waals surface area contributed by atoms with Crippen LogP contribution in [0.3, 0.4) is 0 Å². The van der Waals surface area contributed by atoms with Gasteiger partial charge in [-0.3, -0.25) is 0 Å². The number of hydrogen-bond donors (Lipinski definition) is 0. The Labute approximate surface area is 154 Å². The van der Waals surface area contributed by atoms with Crippen LogP contribution in [0.2, 0.25) is 0 Å². The molecule has 27 heavy (non-hydrogen) atoms. The number of rotatable bonds is 3. The number of nitrogens with zero attached hydrogens (tertiary/aromatic N) is 8. The monoisotopic (exact) mass is 374 g/mol. The average Bonchev–Trinajstić information content (AvgIpc) is 3.10. The molecule has 3 aromatic rings. The van der Waals surface area contributed by atoms with Gasteiger partial charge in [0.1, 0.15) is 29.5 Å². The second-order valence-corrected chi connectivity index (χ2v) is 6.59. The van der Waals surface area contributed by atoms with E-state index in [0.29, 0.717) is 43.6 Å². The lowest BCUT2D eigenvalue weighted by molar-refractivity contribution is 0.145. The first-order chi connectivity index (χ1) is 12.9. The molecule has 1 saturated heterocycles. The van der Waals surface area contributed by atoms with E-state index in [-0.39, 0.29) is 5.69 Å². The van der Waals surface area contributed by atoms with Gasteiger partial charge in [0.15, 0.2) is 0 Å². The zero-order valence-electron chi connectivity index (χ0n) is 15.4. The van der Waals surface area contributed by atoms with Gasteiger partial charge in [0.05, 0.1) is 0 Å². The average molecular weight is 374 g/mol. The number of halogens is 2. The summed E-state index contributed by atoms with van der Waals surface area (Å²) in [4.78, 5) is 21.0. The lowest BCUT2D eigenvalue weighted by Gasteiger charge is -2.37. The third-order valence-corrected chi connectivity index (χ3v) is 4.85. The standard InChI is InChI=1S/C17H20F2N8/c1-10-11(2)22-17-20-9-21-27(17)16(10)26-6-4-25(5-7-26)14-8-13(15(18)19)23-12(3)24-14/h8-9,15H,4-7H2,1-3H3. The fraction of sp³-hybridized carbons (Fsp3) is 0.471. The molecule has 1 fully saturated rings. The van der Waals surface area contributed by atoms with E-state index in [2.05, 4.69) is 29.9 Å². The van der Waals surface area contributed by atoms with E-state index in [0.717, 1.165) is 17.1 Å². The van der Waals surface area contributed by atoms with Gasteiger partial charge in [-0.15, -0.1) is 0 Å². The van der Waals surface area contributed by atoms with Crippen molar-refractivity contribution in [3.05, 3.63) is 35.2 Å². The smallest absolute Gasteiger partial charge is 0.280 e. The van der Waals surface area contributed by atoms with Crippen LogP contribution in [-0.2, 0) is 0 Å². The lowest BCUT2D eigenvalue weighted by atomic mass is 10.2. The molecule has 0 amide bonds. The largest absolute Gasteiger partial charge is 0.353 e. The topological polar surface area (TPSA) is 75.3 Å². The molecule has 4 heterocycles. The van der Waals surface area contributed by atoms with Crippen LogP contribution in [0.1, 0.15) is 29.2 Å². The molecule has 0 aliphatic carbocycles. The van der Waals surface area contributed by atoms with Crippen LogP contribution in [0.5, 0.6) is 0 Å². The minimum absolute atomic E-state index is 0.232. The van der Waals surface area contributed by atoms with Crippen LogP contribution in [-0.4, -0.2) is 55.7 Å². The Morgan fingerprint density at radius 3 is 2.37 bits per heavy atom. The zero-order chi connectivity index (χ0) is 19.1. The number of anilines is 2. The van der Waals surface area contributed by atoms with E-state index in [4.69, 9.17) is 0 Å². The Bertz CT molecular complexity index is 978. The molecule has 142 valence electrons. The third kappa shape index (κ3) is 3.15. The molecule has 0 radical (unpaired) electrons. The summed E-state index contributed by atoms with van der Waals surface area (Å²) in [6.07, 6.45) is -1.11. The highest BCUT2D eigenvalue weighted by Gasteiger charge is 2.24. The second kappa shape index (κ2) is 6.67. The number of fused-ring (bicyclic) bond motifs is 1. The zero-order valence-corrected chi connectivity index (χ0v) is 15.4. The van der Waals surface area contributed by atoms with E-state index in [9.17, 15) is 8.78 Å². The van der Waals surface area contributed by atoms with Crippen molar-refractivity contribution < 1.29 is 8.78 Å². The Hall–Kier alpha value is -2.91. The number of aryl methyl sites for hydroxylation is 2. The van der Waals surface area contributed by atoms with E-state index in [1.54, 1.807) is 11.4 Å². The van der Waals surface area contributed by atoms with E-state index in [1.165, 1.54) is 12.4 Å². The molecule has 0 N–H and O–H groups in total. The fourth-order valence-corrected chi connectivity index (χ4v) is 3.38. The second-order valence-electron chi connectivity index (χ2n) is 6.59. The molecule has 1 aliphatic heterocycles. The first-order valence-corrected chi connectivity index (χ1v) is 8.74. The van der Waals surface area contributed by atoms with Crippen LogP contribution < -0.4 is 9.80 Å². The molecule has 0 saturated carbocycles. The van der Waals surface area contributed by atoms with Gasteiger partial charge >= 0.3 is 0 Å². The first-order valence-electron chi connectivity index (χ1n) is 8.74. The molecule has 0 spiro atoms. The number of aromatic nitrogens is 6. The van der Waals surface area contributed by atoms with Crippen molar-refractivity contribution in [2.45, 2.75) is 27.2 Å². The lowest BCUT2D eigenvalue weighted by Crippen LogP contribution is -2.47. The summed E-state index contributed by atoms with van der Waals surface area (Å²) < 4.78 is 27.8. The quantitative estimate of drug-likeness (QED) is 0.695. The van der Waals surface area contributed by atoms with Gasteiger partial charge in [-0.1, -0.05) is 0 Å². The van der Waals surface area contributed by atoms with Gasteiger partial charge in [-0.2, -0.15) is 14.6 Å². The molecule has 0 bridgehead atoms. The maximum atomic E-state index is 13.0. The van der Waals surface area contributed by atoms with Gasteiger partial charge < -0.3 is 9.80 Å². The Balaban J connectivity index is 1.59. The molecular formula is C17H20F2N8. The Morgan fingerprint density at radius 1 is 0.963 bits per heavy atom. The maximum Gasteiger partial charge on any atom is 0.280 e. The summed E-state index contributed by atoms with van der Waals surface area (Å²) in [5.41, 5.74) is 1.74. The Kier molecular flexibility index (Phi) is 4.33. The Morgan fingerprint density at radius 2 is 1.67 bits per heavy atom. The number of alkyl halides is 2. The molecule has 0 aromatic carbocycles. The van der Waals surface area contributed by atoms with Crippen LogP contribution in [0.15, 0.2) is 12.4 Å². The molecule has 0 unspecified atom stereocenters. The number of piperazine rings is 1. The van der Waals surface area contributed by atoms with Crippen LogP contribution in [0.4, 0.5) is 20.4 Å². The maximum absolute atomic E-state index is 13.0. The van der Waals surface area contributed by atoms with Crippen molar-refractivity contribution in [2.75, 3.05) is 36.0 Å². The summed E-state index contributed by atoms with van der Waals surface area (Å²) in [6.45, 7) is 8.37. The summed E-state index contributed by atoms with van der Waals surface area (Å²) in [5, 5.41) is 4.30. The highest BCUT2D eigenvalue weighted by Crippen LogP contribution is 2.26. The number of hydrogen-bond acceptors (Lipinski definition) is 7. The van der Waals surface area contributed by atoms with Gasteiger partial charge in [0, 0.05) is 43.5 Å². The fourth-order valence-electron chi connectivity index (χ4n) is 3.38. The predicted octanol–water partition coefficient (Wildman–Crippen LogP) is 2.10. The van der Waals surface area contributed by atoms with Crippen LogP contribution >= 0.6 is 0 Å². The van der Waals surface area contributed by atoms with Crippen molar-refractivity contribution in [2.24, 2.45) is 0 Å². The highest BCUT2D eigenvalue weighted by atomic mass is 19.3. The van der Waals surface area contributed by atoms with E-state index >= 15 is 0 Å². The summed E-state index contributed by atoms with van der Waals surface area (Å²) >= 11 is 0. The minimum Gasteiger partial charge on any atom is -0.353 e. The molecule has 8 nitrogen and oxygen atoms in total. The van der Waals surface area contributed by atoms with Crippen molar-refractivity contribution in [1.82, 2.24) is 29.5 Å². The SMILES string of the molecule is Cc1nc(C(F)F)cc(N2CCN(c3c(C)c(C)nc4ncnn34)CC2)n1. The molecule has 1 aliphatic rings. The van der Waals surface area contributed by atoms with Gasteiger partial charge in [0.25, 0.3) is 12.2 Å². The van der Waals surface area contributed by atoms with E-state index < -0.39 is 6.43 Å². The van der Waals surface area contributed by atoms with Crippen LogP contribution in [0, 0.1) is 20.8 Å². The molecule has 3 aromatic heterocycles. The van der Waals surface area contributed by atoms with Crippen molar-refractivity contribution in [1.29, 1.82) is 0 Å².